The zero-order chi connectivity index (χ0) is 18.4. The van der Waals surface area contributed by atoms with E-state index in [2.05, 4.69) is 16.8 Å². The highest BCUT2D eigenvalue weighted by Gasteiger charge is 2.19. The van der Waals surface area contributed by atoms with Crippen LogP contribution in [0.5, 0.6) is 0 Å². The number of carbonyl (C=O) groups excluding carboxylic acids is 1. The van der Waals surface area contributed by atoms with E-state index >= 15 is 0 Å². The molecule has 3 rings (SSSR count). The van der Waals surface area contributed by atoms with Gasteiger partial charge in [0.2, 0.25) is 5.91 Å². The quantitative estimate of drug-likeness (QED) is 0.634. The van der Waals surface area contributed by atoms with E-state index in [9.17, 15) is 9.90 Å². The molecule has 1 heterocycles. The van der Waals surface area contributed by atoms with Crippen LogP contribution in [0.25, 0.3) is 11.1 Å². The first kappa shape index (κ1) is 18.4. The molecule has 3 aromatic rings. The van der Waals surface area contributed by atoms with E-state index in [4.69, 9.17) is 0 Å². The lowest BCUT2D eigenvalue weighted by atomic mass is 9.95. The van der Waals surface area contributed by atoms with Crippen LogP contribution in [0, 0.1) is 0 Å². The summed E-state index contributed by atoms with van der Waals surface area (Å²) >= 11 is 1.66. The molecule has 0 aliphatic rings. The smallest absolute Gasteiger partial charge is 0.227 e. The molecule has 0 unspecified atom stereocenters. The van der Waals surface area contributed by atoms with Crippen molar-refractivity contribution in [1.82, 2.24) is 5.32 Å². The molecular weight excluding hydrogens is 342 g/mol. The molecule has 2 N–H and O–H groups in total. The number of thiophene rings is 1. The largest absolute Gasteiger partial charge is 0.387 e. The Kier molecular flexibility index (Phi) is 6.21. The summed E-state index contributed by atoms with van der Waals surface area (Å²) in [5, 5.41) is 17.4. The van der Waals surface area contributed by atoms with Crippen molar-refractivity contribution < 1.29 is 9.90 Å². The van der Waals surface area contributed by atoms with Crippen LogP contribution in [0.4, 0.5) is 0 Å². The van der Waals surface area contributed by atoms with E-state index in [-0.39, 0.29) is 18.4 Å². The summed E-state index contributed by atoms with van der Waals surface area (Å²) in [4.78, 5) is 12.5. The second-order valence-electron chi connectivity index (χ2n) is 6.27. The van der Waals surface area contributed by atoms with E-state index in [1.807, 2.05) is 66.9 Å². The Morgan fingerprint density at radius 3 is 2.35 bits per heavy atom. The predicted octanol–water partition coefficient (Wildman–Crippen LogP) is 4.76. The van der Waals surface area contributed by atoms with Gasteiger partial charge in [0.15, 0.2) is 0 Å². The van der Waals surface area contributed by atoms with Gasteiger partial charge in [-0.25, -0.2) is 0 Å². The molecule has 0 aliphatic carbocycles. The highest BCUT2D eigenvalue weighted by Crippen LogP contribution is 2.24. The van der Waals surface area contributed by atoms with Crippen molar-refractivity contribution in [1.29, 1.82) is 0 Å². The van der Waals surface area contributed by atoms with Gasteiger partial charge in [0.05, 0.1) is 12.0 Å². The van der Waals surface area contributed by atoms with Gasteiger partial charge in [0, 0.05) is 6.54 Å². The maximum absolute atomic E-state index is 12.5. The molecule has 134 valence electrons. The van der Waals surface area contributed by atoms with E-state index in [0.717, 1.165) is 23.1 Å². The Balaban J connectivity index is 1.59. The number of rotatable bonds is 7. The lowest BCUT2D eigenvalue weighted by Gasteiger charge is -2.18. The summed E-state index contributed by atoms with van der Waals surface area (Å²) in [6.07, 6.45) is 0.00475. The Hall–Kier alpha value is -2.43. The molecule has 26 heavy (non-hydrogen) atoms. The Morgan fingerprint density at radius 1 is 1.00 bits per heavy atom. The van der Waals surface area contributed by atoms with Crippen molar-refractivity contribution in [2.75, 3.05) is 6.54 Å². The first-order chi connectivity index (χ1) is 12.7. The number of hydrogen-bond acceptors (Lipinski definition) is 3. The molecule has 1 aromatic heterocycles. The number of nitrogens with one attached hydrogen (secondary N) is 1. The van der Waals surface area contributed by atoms with Crippen LogP contribution in [-0.2, 0) is 4.79 Å². The first-order valence-corrected chi connectivity index (χ1v) is 9.76. The topological polar surface area (TPSA) is 49.3 Å². The number of aliphatic hydroxyl groups is 1. The summed E-state index contributed by atoms with van der Waals surface area (Å²) in [5.41, 5.74) is 4.11. The molecule has 0 fully saturated rings. The summed E-state index contributed by atoms with van der Waals surface area (Å²) < 4.78 is 0. The molecule has 0 spiro atoms. The summed E-state index contributed by atoms with van der Waals surface area (Å²) in [7, 11) is 0. The van der Waals surface area contributed by atoms with E-state index < -0.39 is 6.10 Å². The van der Waals surface area contributed by atoms with Crippen molar-refractivity contribution in [2.45, 2.75) is 25.4 Å². The van der Waals surface area contributed by atoms with Gasteiger partial charge in [-0.05, 0) is 45.5 Å². The Bertz CT molecular complexity index is 813. The van der Waals surface area contributed by atoms with Gasteiger partial charge in [0.25, 0.3) is 0 Å². The molecule has 0 saturated carbocycles. The van der Waals surface area contributed by atoms with Crippen LogP contribution in [0.2, 0.25) is 0 Å². The van der Waals surface area contributed by atoms with Gasteiger partial charge < -0.3 is 10.4 Å². The van der Waals surface area contributed by atoms with Crippen molar-refractivity contribution in [3.05, 3.63) is 82.6 Å². The molecular formula is C22H23NO2S. The number of hydrogen-bond donors (Lipinski definition) is 2. The van der Waals surface area contributed by atoms with Gasteiger partial charge in [-0.1, -0.05) is 61.5 Å². The van der Waals surface area contributed by atoms with Gasteiger partial charge in [-0.3, -0.25) is 4.79 Å². The molecule has 0 saturated heterocycles. The Morgan fingerprint density at radius 2 is 1.73 bits per heavy atom. The normalized spacial score (nSPS) is 13.2. The maximum Gasteiger partial charge on any atom is 0.227 e. The third kappa shape index (κ3) is 4.40. The second-order valence-corrected chi connectivity index (χ2v) is 7.05. The molecule has 3 nitrogen and oxygen atoms in total. The molecule has 0 bridgehead atoms. The van der Waals surface area contributed by atoms with Crippen LogP contribution in [0.3, 0.4) is 0 Å². The summed E-state index contributed by atoms with van der Waals surface area (Å²) in [5.74, 6) is -0.239. The summed E-state index contributed by atoms with van der Waals surface area (Å²) in [6, 6.07) is 19.7. The molecule has 4 heteroatoms. The van der Waals surface area contributed by atoms with Crippen LogP contribution in [0.15, 0.2) is 71.4 Å². The predicted molar refractivity (Wildman–Crippen MR) is 107 cm³/mol. The minimum atomic E-state index is -0.719. The fourth-order valence-electron chi connectivity index (χ4n) is 3.02. The number of carbonyl (C=O) groups is 1. The third-order valence-corrected chi connectivity index (χ3v) is 5.23. The van der Waals surface area contributed by atoms with Gasteiger partial charge >= 0.3 is 0 Å². The molecule has 1 amide bonds. The van der Waals surface area contributed by atoms with Crippen LogP contribution in [0.1, 0.15) is 36.5 Å². The van der Waals surface area contributed by atoms with Crippen LogP contribution >= 0.6 is 11.3 Å². The lowest BCUT2D eigenvalue weighted by molar-refractivity contribution is -0.123. The first-order valence-electron chi connectivity index (χ1n) is 8.82. The van der Waals surface area contributed by atoms with E-state index in [1.165, 1.54) is 5.56 Å². The zero-order valence-electron chi connectivity index (χ0n) is 14.8. The van der Waals surface area contributed by atoms with E-state index in [1.54, 1.807) is 11.3 Å². The van der Waals surface area contributed by atoms with Crippen molar-refractivity contribution in [3.8, 4) is 11.1 Å². The number of aliphatic hydroxyl groups excluding tert-OH is 1. The monoisotopic (exact) mass is 365 g/mol. The van der Waals surface area contributed by atoms with Gasteiger partial charge in [-0.15, -0.1) is 0 Å². The minimum Gasteiger partial charge on any atom is -0.387 e. The SMILES string of the molecule is CC[C@H](C(=O)NC[C@H](O)c1ccc(-c2ccsc2)cc1)c1ccccc1. The van der Waals surface area contributed by atoms with Crippen molar-refractivity contribution in [2.24, 2.45) is 0 Å². The molecule has 0 aliphatic heterocycles. The zero-order valence-corrected chi connectivity index (χ0v) is 15.6. The summed E-state index contributed by atoms with van der Waals surface area (Å²) in [6.45, 7) is 2.21. The molecule has 0 radical (unpaired) electrons. The van der Waals surface area contributed by atoms with Gasteiger partial charge in [-0.2, -0.15) is 11.3 Å². The fraction of sp³-hybridized carbons (Fsp3) is 0.227. The van der Waals surface area contributed by atoms with Crippen LogP contribution in [-0.4, -0.2) is 17.6 Å². The molecule has 2 aromatic carbocycles. The lowest BCUT2D eigenvalue weighted by Crippen LogP contribution is -2.32. The highest BCUT2D eigenvalue weighted by atomic mass is 32.1. The van der Waals surface area contributed by atoms with Gasteiger partial charge in [0.1, 0.15) is 0 Å². The fourth-order valence-corrected chi connectivity index (χ4v) is 3.69. The van der Waals surface area contributed by atoms with Crippen molar-refractivity contribution >= 4 is 17.2 Å². The average Bonchev–Trinajstić information content (AvgIpc) is 3.22. The highest BCUT2D eigenvalue weighted by molar-refractivity contribution is 7.08. The third-order valence-electron chi connectivity index (χ3n) is 4.55. The molecule has 2 atom stereocenters. The van der Waals surface area contributed by atoms with Crippen LogP contribution < -0.4 is 5.32 Å². The van der Waals surface area contributed by atoms with Crippen molar-refractivity contribution in [3.63, 3.8) is 0 Å². The Labute approximate surface area is 158 Å². The second kappa shape index (κ2) is 8.79. The standard InChI is InChI=1S/C22H23NO2S/c1-2-20(17-6-4-3-5-7-17)22(25)23-14-21(24)18-10-8-16(9-11-18)19-12-13-26-15-19/h3-13,15,20-21,24H,2,14H2,1H3,(H,23,25)/t20-,21-/m0/s1. The number of benzene rings is 2. The minimum absolute atomic E-state index is 0.0485. The average molecular weight is 365 g/mol. The van der Waals surface area contributed by atoms with E-state index in [0.29, 0.717) is 0 Å². The number of amides is 1. The maximum atomic E-state index is 12.5.